The number of nitrogens with one attached hydrogen (secondary N) is 1. The molecule has 3 atom stereocenters. The number of ether oxygens (including phenoxy) is 1. The number of pyridine rings is 1. The molecular weight excluding hydrogens is 361 g/mol. The smallest absolute Gasteiger partial charge is 0.422 e. The minimum Gasteiger partial charge on any atom is -0.508 e. The topological polar surface area (TPSA) is 71.5 Å². The molecule has 2 N–H and O–H groups in total. The fraction of sp³-hybridized carbons (Fsp3) is 0.368. The van der Waals surface area contributed by atoms with Crippen molar-refractivity contribution < 1.29 is 27.8 Å². The summed E-state index contributed by atoms with van der Waals surface area (Å²) in [4.78, 5) is 16.4. The van der Waals surface area contributed by atoms with E-state index in [4.69, 9.17) is 0 Å². The number of aromatic nitrogens is 1. The molecule has 144 valence electrons. The average molecular weight is 380 g/mol. The molecule has 1 aromatic carbocycles. The summed E-state index contributed by atoms with van der Waals surface area (Å²) in [5.74, 6) is -0.0150. The van der Waals surface area contributed by atoms with Crippen molar-refractivity contribution in [3.63, 3.8) is 0 Å². The highest BCUT2D eigenvalue weighted by Gasteiger charge is 2.44. The fourth-order valence-corrected chi connectivity index (χ4v) is 2.90. The molecule has 8 heteroatoms. The standard InChI is InChI=1S/C19H19F3N2O3/c1-11(17-6-5-14(9-23-17)27-10-19(20,21)22)24-18(26)16-8-15(16)12-3-2-4-13(25)7-12/h2-7,9,11,15-16,25H,8,10H2,1H3,(H,24,26)/t11-,15-,16+/m1/s1. The van der Waals surface area contributed by atoms with Crippen LogP contribution in [0.25, 0.3) is 0 Å². The van der Waals surface area contributed by atoms with E-state index in [2.05, 4.69) is 15.0 Å². The molecule has 0 unspecified atom stereocenters. The van der Waals surface area contributed by atoms with Gasteiger partial charge in [0.05, 0.1) is 17.9 Å². The van der Waals surface area contributed by atoms with Crippen LogP contribution >= 0.6 is 0 Å². The highest BCUT2D eigenvalue weighted by atomic mass is 19.4. The molecule has 0 aliphatic heterocycles. The number of aromatic hydroxyl groups is 1. The number of carbonyl (C=O) groups is 1. The number of benzene rings is 1. The third kappa shape index (κ3) is 5.12. The fourth-order valence-electron chi connectivity index (χ4n) is 2.90. The van der Waals surface area contributed by atoms with E-state index in [9.17, 15) is 23.1 Å². The lowest BCUT2D eigenvalue weighted by Gasteiger charge is -2.14. The minimum atomic E-state index is -4.41. The molecule has 1 aromatic heterocycles. The van der Waals surface area contributed by atoms with Crippen molar-refractivity contribution in [3.8, 4) is 11.5 Å². The Morgan fingerprint density at radius 1 is 1.37 bits per heavy atom. The van der Waals surface area contributed by atoms with Crippen molar-refractivity contribution in [3.05, 3.63) is 53.9 Å². The Balaban J connectivity index is 1.53. The zero-order valence-electron chi connectivity index (χ0n) is 14.5. The van der Waals surface area contributed by atoms with Crippen molar-refractivity contribution in [2.75, 3.05) is 6.61 Å². The van der Waals surface area contributed by atoms with Crippen LogP contribution in [0.4, 0.5) is 13.2 Å². The molecule has 27 heavy (non-hydrogen) atoms. The van der Waals surface area contributed by atoms with Gasteiger partial charge in [0.25, 0.3) is 0 Å². The Labute approximate surface area is 154 Å². The number of rotatable bonds is 6. The van der Waals surface area contributed by atoms with Crippen LogP contribution in [0.1, 0.15) is 36.6 Å². The molecule has 5 nitrogen and oxygen atoms in total. The van der Waals surface area contributed by atoms with Gasteiger partial charge in [-0.25, -0.2) is 0 Å². The van der Waals surface area contributed by atoms with Crippen LogP contribution in [-0.2, 0) is 4.79 Å². The van der Waals surface area contributed by atoms with E-state index in [1.807, 2.05) is 6.07 Å². The van der Waals surface area contributed by atoms with Crippen LogP contribution in [0.5, 0.6) is 11.5 Å². The SMILES string of the molecule is C[C@@H](NC(=O)[C@H]1C[C@@H]1c1cccc(O)c1)c1ccc(OCC(F)(F)F)cn1. The van der Waals surface area contributed by atoms with E-state index in [0.29, 0.717) is 12.1 Å². The first kappa shape index (κ1) is 19.0. The highest BCUT2D eigenvalue weighted by molar-refractivity contribution is 5.83. The van der Waals surface area contributed by atoms with Gasteiger partial charge in [0, 0.05) is 5.92 Å². The molecule has 1 aliphatic rings. The van der Waals surface area contributed by atoms with Crippen molar-refractivity contribution in [1.82, 2.24) is 10.3 Å². The monoisotopic (exact) mass is 380 g/mol. The molecule has 3 rings (SSSR count). The number of alkyl halides is 3. The Morgan fingerprint density at radius 3 is 2.78 bits per heavy atom. The molecule has 1 saturated carbocycles. The molecule has 1 heterocycles. The van der Waals surface area contributed by atoms with Crippen LogP contribution < -0.4 is 10.1 Å². The van der Waals surface area contributed by atoms with E-state index >= 15 is 0 Å². The van der Waals surface area contributed by atoms with Crippen molar-refractivity contribution >= 4 is 5.91 Å². The summed E-state index contributed by atoms with van der Waals surface area (Å²) in [5, 5.41) is 12.4. The number of hydrogen-bond acceptors (Lipinski definition) is 4. The second kappa shape index (κ2) is 7.46. The number of phenolic OH excluding ortho intramolecular Hbond substituents is 1. The minimum absolute atomic E-state index is 0.0146. The van der Waals surface area contributed by atoms with Gasteiger partial charge in [-0.3, -0.25) is 9.78 Å². The normalized spacial score (nSPS) is 20.0. The quantitative estimate of drug-likeness (QED) is 0.802. The Hall–Kier alpha value is -2.77. The Kier molecular flexibility index (Phi) is 5.25. The van der Waals surface area contributed by atoms with Crippen LogP contribution in [-0.4, -0.2) is 28.8 Å². The van der Waals surface area contributed by atoms with Gasteiger partial charge in [-0.15, -0.1) is 0 Å². The van der Waals surface area contributed by atoms with Crippen LogP contribution in [0, 0.1) is 5.92 Å². The second-order valence-corrected chi connectivity index (χ2v) is 6.60. The lowest BCUT2D eigenvalue weighted by Crippen LogP contribution is -2.29. The number of carbonyl (C=O) groups excluding carboxylic acids is 1. The zero-order valence-corrected chi connectivity index (χ0v) is 14.5. The predicted octanol–water partition coefficient (Wildman–Crippen LogP) is 3.71. The number of amides is 1. The van der Waals surface area contributed by atoms with E-state index in [1.165, 1.54) is 18.3 Å². The Bertz CT molecular complexity index is 809. The lowest BCUT2D eigenvalue weighted by molar-refractivity contribution is -0.153. The summed E-state index contributed by atoms with van der Waals surface area (Å²) in [7, 11) is 0. The molecule has 0 spiro atoms. The van der Waals surface area contributed by atoms with Gasteiger partial charge in [0.2, 0.25) is 5.91 Å². The summed E-state index contributed by atoms with van der Waals surface area (Å²) in [6.45, 7) is 0.376. The second-order valence-electron chi connectivity index (χ2n) is 6.60. The summed E-state index contributed by atoms with van der Waals surface area (Å²) >= 11 is 0. The first-order chi connectivity index (χ1) is 12.7. The van der Waals surface area contributed by atoms with Gasteiger partial charge in [0.15, 0.2) is 6.61 Å². The van der Waals surface area contributed by atoms with Crippen molar-refractivity contribution in [1.29, 1.82) is 0 Å². The Morgan fingerprint density at radius 2 is 2.15 bits per heavy atom. The first-order valence-electron chi connectivity index (χ1n) is 8.48. The maximum absolute atomic E-state index is 12.4. The van der Waals surface area contributed by atoms with Crippen molar-refractivity contribution in [2.24, 2.45) is 5.92 Å². The van der Waals surface area contributed by atoms with Crippen LogP contribution in [0.3, 0.4) is 0 Å². The maximum atomic E-state index is 12.4. The van der Waals surface area contributed by atoms with Crippen molar-refractivity contribution in [2.45, 2.75) is 31.5 Å². The third-order valence-corrected chi connectivity index (χ3v) is 4.39. The lowest BCUT2D eigenvalue weighted by atomic mass is 10.1. The average Bonchev–Trinajstić information content (AvgIpc) is 3.41. The molecule has 1 aliphatic carbocycles. The molecule has 1 amide bonds. The van der Waals surface area contributed by atoms with Gasteiger partial charge in [-0.05, 0) is 49.1 Å². The van der Waals surface area contributed by atoms with E-state index in [-0.39, 0.29) is 35.3 Å². The van der Waals surface area contributed by atoms with Gasteiger partial charge in [0.1, 0.15) is 11.5 Å². The summed E-state index contributed by atoms with van der Waals surface area (Å²) < 4.78 is 41.0. The maximum Gasteiger partial charge on any atom is 0.422 e. The van der Waals surface area contributed by atoms with Gasteiger partial charge >= 0.3 is 6.18 Å². The highest BCUT2D eigenvalue weighted by Crippen LogP contribution is 2.48. The van der Waals surface area contributed by atoms with Gasteiger partial charge in [-0.2, -0.15) is 13.2 Å². The molecule has 2 aromatic rings. The van der Waals surface area contributed by atoms with E-state index in [0.717, 1.165) is 5.56 Å². The van der Waals surface area contributed by atoms with Crippen LogP contribution in [0.15, 0.2) is 42.6 Å². The summed E-state index contributed by atoms with van der Waals surface area (Å²) in [5.41, 5.74) is 1.45. The number of nitrogens with zero attached hydrogens (tertiary/aromatic N) is 1. The first-order valence-corrected chi connectivity index (χ1v) is 8.48. The number of phenols is 1. The zero-order chi connectivity index (χ0) is 19.6. The predicted molar refractivity (Wildman–Crippen MR) is 91.3 cm³/mol. The molecule has 0 saturated heterocycles. The summed E-state index contributed by atoms with van der Waals surface area (Å²) in [6.07, 6.45) is -2.49. The van der Waals surface area contributed by atoms with Gasteiger partial charge in [-0.1, -0.05) is 12.1 Å². The molecule has 0 bridgehead atoms. The number of halogens is 3. The van der Waals surface area contributed by atoms with Crippen LogP contribution in [0.2, 0.25) is 0 Å². The molecular formula is C19H19F3N2O3. The third-order valence-electron chi connectivity index (χ3n) is 4.39. The molecule has 0 radical (unpaired) electrons. The number of hydrogen-bond donors (Lipinski definition) is 2. The van der Waals surface area contributed by atoms with Gasteiger partial charge < -0.3 is 15.2 Å². The summed E-state index contributed by atoms with van der Waals surface area (Å²) in [6, 6.07) is 9.38. The largest absolute Gasteiger partial charge is 0.508 e. The van der Waals surface area contributed by atoms with E-state index < -0.39 is 12.8 Å². The molecule has 1 fully saturated rings. The van der Waals surface area contributed by atoms with E-state index in [1.54, 1.807) is 25.1 Å².